The maximum absolute atomic E-state index is 6.38. The van der Waals surface area contributed by atoms with E-state index in [1.807, 2.05) is 0 Å². The fraction of sp³-hybridized carbons (Fsp3) is 0.435. The van der Waals surface area contributed by atoms with Gasteiger partial charge in [0.1, 0.15) is 0 Å². The number of hydrogen-bond donors (Lipinski definition) is 1. The van der Waals surface area contributed by atoms with Crippen molar-refractivity contribution >= 4 is 17.2 Å². The van der Waals surface area contributed by atoms with Gasteiger partial charge in [-0.25, -0.2) is 0 Å². The van der Waals surface area contributed by atoms with Crippen LogP contribution in [0.3, 0.4) is 0 Å². The van der Waals surface area contributed by atoms with Crippen molar-refractivity contribution in [3.8, 4) is 0 Å². The Kier molecular flexibility index (Phi) is 3.37. The van der Waals surface area contributed by atoms with E-state index in [0.717, 1.165) is 16.8 Å². The second-order valence-corrected chi connectivity index (χ2v) is 9.12. The summed E-state index contributed by atoms with van der Waals surface area (Å²) in [5, 5.41) is 0. The summed E-state index contributed by atoms with van der Waals surface area (Å²) in [7, 11) is 0. The Morgan fingerprint density at radius 2 is 1.64 bits per heavy atom. The minimum absolute atomic E-state index is 0.105. The second kappa shape index (κ2) is 5.41. The lowest BCUT2D eigenvalue weighted by atomic mass is 9.61. The fourth-order valence-electron chi connectivity index (χ4n) is 6.73. The van der Waals surface area contributed by atoms with Gasteiger partial charge in [-0.2, -0.15) is 0 Å². The summed E-state index contributed by atoms with van der Waals surface area (Å²) < 4.78 is 0. The number of hydrogen-bond acceptors (Lipinski definition) is 1. The van der Waals surface area contributed by atoms with Crippen molar-refractivity contribution in [1.82, 2.24) is 0 Å². The zero-order valence-electron chi connectivity index (χ0n) is 14.5. The second-order valence-electron chi connectivity index (χ2n) is 8.68. The predicted molar refractivity (Wildman–Crippen MR) is 106 cm³/mol. The summed E-state index contributed by atoms with van der Waals surface area (Å²) >= 11 is 5.65. The average molecular weight is 348 g/mol. The molecule has 2 aromatic carbocycles. The van der Waals surface area contributed by atoms with E-state index in [4.69, 9.17) is 18.0 Å². The highest BCUT2D eigenvalue weighted by atomic mass is 32.1. The van der Waals surface area contributed by atoms with Gasteiger partial charge >= 0.3 is 0 Å². The minimum atomic E-state index is 0.105. The zero-order valence-corrected chi connectivity index (χ0v) is 15.3. The van der Waals surface area contributed by atoms with E-state index in [9.17, 15) is 0 Å². The van der Waals surface area contributed by atoms with Crippen molar-refractivity contribution in [2.24, 2.45) is 28.9 Å². The Morgan fingerprint density at radius 3 is 2.32 bits per heavy atom. The fourth-order valence-corrected chi connectivity index (χ4v) is 7.04. The molecule has 5 unspecified atom stereocenters. The van der Waals surface area contributed by atoms with Crippen LogP contribution >= 0.6 is 12.2 Å². The van der Waals surface area contributed by atoms with E-state index in [1.54, 1.807) is 0 Å². The molecule has 25 heavy (non-hydrogen) atoms. The standard InChI is InChI=1S/C23H25NS/c24-21(25)23-13-17-12-22(15-23,18-9-5-2-6-10-18)14-20(23)19(17)11-16-7-3-1-4-8-16/h1-10,17,19-20H,11-15H2,(H2,24,25). The van der Waals surface area contributed by atoms with Crippen LogP contribution in [0.5, 0.6) is 0 Å². The first-order valence-electron chi connectivity index (χ1n) is 9.52. The van der Waals surface area contributed by atoms with E-state index < -0.39 is 0 Å². The summed E-state index contributed by atoms with van der Waals surface area (Å²) in [5.74, 6) is 2.15. The Hall–Kier alpha value is -1.67. The molecule has 0 radical (unpaired) electrons. The van der Waals surface area contributed by atoms with Gasteiger partial charge in [0.25, 0.3) is 0 Å². The first-order chi connectivity index (χ1) is 12.1. The molecule has 2 aromatic rings. The highest BCUT2D eigenvalue weighted by molar-refractivity contribution is 7.80. The number of nitrogens with two attached hydrogens (primary N) is 1. The molecule has 6 rings (SSSR count). The van der Waals surface area contributed by atoms with Crippen LogP contribution in [0.4, 0.5) is 0 Å². The molecule has 4 aliphatic rings. The van der Waals surface area contributed by atoms with Crippen LogP contribution < -0.4 is 5.73 Å². The zero-order chi connectivity index (χ0) is 17.1. The molecular formula is C23H25NS. The van der Waals surface area contributed by atoms with E-state index >= 15 is 0 Å². The van der Waals surface area contributed by atoms with Crippen molar-refractivity contribution in [2.45, 2.75) is 37.5 Å². The summed E-state index contributed by atoms with van der Waals surface area (Å²) in [5.41, 5.74) is 9.78. The van der Waals surface area contributed by atoms with E-state index in [1.165, 1.54) is 43.2 Å². The van der Waals surface area contributed by atoms with Crippen molar-refractivity contribution in [3.05, 3.63) is 71.8 Å². The molecule has 5 atom stereocenters. The molecule has 0 aliphatic heterocycles. The van der Waals surface area contributed by atoms with Crippen molar-refractivity contribution in [1.29, 1.82) is 0 Å². The molecule has 0 spiro atoms. The molecule has 2 heteroatoms. The smallest absolute Gasteiger partial charge is 0.0793 e. The molecule has 128 valence electrons. The van der Waals surface area contributed by atoms with Crippen molar-refractivity contribution in [3.63, 3.8) is 0 Å². The lowest BCUT2D eigenvalue weighted by Crippen LogP contribution is -2.40. The van der Waals surface area contributed by atoms with Gasteiger partial charge in [0.2, 0.25) is 0 Å². The van der Waals surface area contributed by atoms with E-state index in [2.05, 4.69) is 60.7 Å². The lowest BCUT2D eigenvalue weighted by Gasteiger charge is -2.43. The third kappa shape index (κ3) is 2.16. The van der Waals surface area contributed by atoms with Crippen LogP contribution in [0.25, 0.3) is 0 Å². The van der Waals surface area contributed by atoms with Crippen LogP contribution in [0.1, 0.15) is 36.8 Å². The summed E-state index contributed by atoms with van der Waals surface area (Å²) in [4.78, 5) is 0.788. The highest BCUT2D eigenvalue weighted by Crippen LogP contribution is 2.73. The average Bonchev–Trinajstić information content (AvgIpc) is 3.01. The van der Waals surface area contributed by atoms with Crippen LogP contribution in [-0.4, -0.2) is 4.99 Å². The Bertz CT molecular complexity index is 801. The SMILES string of the molecule is NC(=S)C12CC3CC(c4ccccc4)(CC1C3Cc1ccccc1)C2. The Balaban J connectivity index is 1.52. The lowest BCUT2D eigenvalue weighted by molar-refractivity contribution is 0.163. The largest absolute Gasteiger partial charge is 0.393 e. The third-order valence-electron chi connectivity index (χ3n) is 7.57. The van der Waals surface area contributed by atoms with Gasteiger partial charge in [-0.05, 0) is 66.4 Å². The van der Waals surface area contributed by atoms with Gasteiger partial charge < -0.3 is 5.73 Å². The first kappa shape index (κ1) is 15.6. The number of rotatable bonds is 4. The topological polar surface area (TPSA) is 26.0 Å². The minimum Gasteiger partial charge on any atom is -0.393 e. The highest BCUT2D eigenvalue weighted by Gasteiger charge is 2.68. The summed E-state index contributed by atoms with van der Waals surface area (Å²) in [6, 6.07) is 22.1. The van der Waals surface area contributed by atoms with Crippen LogP contribution in [0.15, 0.2) is 60.7 Å². The number of thiocarbonyl (C=S) groups is 1. The molecule has 2 N–H and O–H groups in total. The molecule has 4 aliphatic carbocycles. The third-order valence-corrected chi connectivity index (χ3v) is 7.97. The van der Waals surface area contributed by atoms with Crippen LogP contribution in [0.2, 0.25) is 0 Å². The molecule has 0 aromatic heterocycles. The quantitative estimate of drug-likeness (QED) is 0.797. The van der Waals surface area contributed by atoms with Gasteiger partial charge in [0.15, 0.2) is 0 Å². The number of benzene rings is 2. The maximum atomic E-state index is 6.38. The monoisotopic (exact) mass is 347 g/mol. The Labute approximate surface area is 155 Å². The first-order valence-corrected chi connectivity index (χ1v) is 9.93. The predicted octanol–water partition coefficient (Wildman–Crippen LogP) is 4.89. The molecule has 4 bridgehead atoms. The Morgan fingerprint density at radius 1 is 0.960 bits per heavy atom. The van der Waals surface area contributed by atoms with E-state index in [0.29, 0.717) is 11.3 Å². The molecule has 0 saturated heterocycles. The maximum Gasteiger partial charge on any atom is 0.0793 e. The molecular weight excluding hydrogens is 322 g/mol. The van der Waals surface area contributed by atoms with Gasteiger partial charge in [-0.3, -0.25) is 0 Å². The van der Waals surface area contributed by atoms with E-state index in [-0.39, 0.29) is 5.41 Å². The van der Waals surface area contributed by atoms with Crippen LogP contribution in [-0.2, 0) is 11.8 Å². The van der Waals surface area contributed by atoms with Crippen molar-refractivity contribution < 1.29 is 0 Å². The van der Waals surface area contributed by atoms with Gasteiger partial charge in [0, 0.05) is 5.41 Å². The molecule has 1 nitrogen and oxygen atoms in total. The molecule has 4 saturated carbocycles. The van der Waals surface area contributed by atoms with Gasteiger partial charge in [-0.15, -0.1) is 0 Å². The van der Waals surface area contributed by atoms with Crippen LogP contribution in [0, 0.1) is 23.2 Å². The molecule has 0 heterocycles. The van der Waals surface area contributed by atoms with Gasteiger partial charge in [0.05, 0.1) is 4.99 Å². The van der Waals surface area contributed by atoms with Crippen molar-refractivity contribution in [2.75, 3.05) is 0 Å². The summed E-state index contributed by atoms with van der Waals surface area (Å²) in [6.45, 7) is 0. The van der Waals surface area contributed by atoms with Gasteiger partial charge in [-0.1, -0.05) is 72.9 Å². The molecule has 0 amide bonds. The molecule has 4 fully saturated rings. The summed E-state index contributed by atoms with van der Waals surface area (Å²) in [6.07, 6.45) is 6.16. The normalized spacial score (nSPS) is 38.2.